The molecule has 108 valence electrons. The van der Waals surface area contributed by atoms with E-state index in [-0.39, 0.29) is 5.41 Å². The normalized spacial score (nSPS) is 13.4. The van der Waals surface area contributed by atoms with Crippen molar-refractivity contribution in [2.45, 2.75) is 45.6 Å². The van der Waals surface area contributed by atoms with Crippen LogP contribution in [0.2, 0.25) is 0 Å². The maximum atomic E-state index is 4.68. The Morgan fingerprint density at radius 2 is 1.85 bits per heavy atom. The Kier molecular flexibility index (Phi) is 4.61. The van der Waals surface area contributed by atoms with E-state index in [1.54, 1.807) is 0 Å². The Bertz CT molecular complexity index is 538. The molecule has 1 atom stereocenters. The predicted octanol–water partition coefficient (Wildman–Crippen LogP) is 3.87. The first-order chi connectivity index (χ1) is 9.45. The highest BCUT2D eigenvalue weighted by Gasteiger charge is 2.31. The first kappa shape index (κ1) is 15.2. The van der Waals surface area contributed by atoms with Gasteiger partial charge in [-0.15, -0.1) is 11.3 Å². The third-order valence-corrected chi connectivity index (χ3v) is 5.28. The van der Waals surface area contributed by atoms with E-state index in [0.717, 1.165) is 12.1 Å². The van der Waals surface area contributed by atoms with Gasteiger partial charge in [0.15, 0.2) is 0 Å². The van der Waals surface area contributed by atoms with Crippen LogP contribution in [0.25, 0.3) is 0 Å². The number of hydrogen-bond donors (Lipinski definition) is 1. The summed E-state index contributed by atoms with van der Waals surface area (Å²) in [6.07, 6.45) is 0.970. The summed E-state index contributed by atoms with van der Waals surface area (Å²) < 4.78 is 0. The van der Waals surface area contributed by atoms with Crippen molar-refractivity contribution in [1.29, 1.82) is 0 Å². The van der Waals surface area contributed by atoms with Crippen LogP contribution in [0.4, 0.5) is 0 Å². The minimum absolute atomic E-state index is 0.0729. The van der Waals surface area contributed by atoms with E-state index in [1.807, 2.05) is 18.4 Å². The van der Waals surface area contributed by atoms with Gasteiger partial charge in [0.1, 0.15) is 0 Å². The molecule has 0 spiro atoms. The summed E-state index contributed by atoms with van der Waals surface area (Å²) in [7, 11) is 2.04. The molecule has 0 aliphatic heterocycles. The van der Waals surface area contributed by atoms with Crippen molar-refractivity contribution < 1.29 is 0 Å². The second-order valence-electron chi connectivity index (χ2n) is 5.88. The molecule has 0 aliphatic rings. The number of likely N-dealkylation sites (N-methyl/N-ethyl adjacent to an activating group) is 1. The molecule has 2 rings (SSSR count). The molecular formula is C17H24N2S. The molecule has 0 aliphatic carbocycles. The summed E-state index contributed by atoms with van der Waals surface area (Å²) in [4.78, 5) is 6.01. The van der Waals surface area contributed by atoms with Crippen LogP contribution in [0.5, 0.6) is 0 Å². The Morgan fingerprint density at radius 3 is 2.35 bits per heavy atom. The van der Waals surface area contributed by atoms with Crippen molar-refractivity contribution >= 4 is 11.3 Å². The predicted molar refractivity (Wildman–Crippen MR) is 87.6 cm³/mol. The van der Waals surface area contributed by atoms with Gasteiger partial charge < -0.3 is 5.32 Å². The lowest BCUT2D eigenvalue weighted by Gasteiger charge is -2.34. The zero-order valence-electron chi connectivity index (χ0n) is 13.0. The molecule has 1 N–H and O–H groups in total. The number of aryl methyl sites for hydroxylation is 2. The maximum absolute atomic E-state index is 4.68. The lowest BCUT2D eigenvalue weighted by molar-refractivity contribution is 0.356. The Hall–Kier alpha value is -1.19. The van der Waals surface area contributed by atoms with Gasteiger partial charge in [0.25, 0.3) is 0 Å². The van der Waals surface area contributed by atoms with E-state index in [2.05, 4.69) is 68.3 Å². The van der Waals surface area contributed by atoms with Crippen LogP contribution in [0.1, 0.15) is 35.0 Å². The Balaban J connectivity index is 2.23. The largest absolute Gasteiger partial charge is 0.316 e. The molecule has 0 fully saturated rings. The fourth-order valence-corrected chi connectivity index (χ4v) is 3.57. The van der Waals surface area contributed by atoms with Gasteiger partial charge in [-0.3, -0.25) is 0 Å². The second kappa shape index (κ2) is 6.06. The van der Waals surface area contributed by atoms with Gasteiger partial charge in [-0.25, -0.2) is 4.98 Å². The summed E-state index contributed by atoms with van der Waals surface area (Å²) in [5.41, 5.74) is 2.60. The molecule has 0 saturated heterocycles. The number of rotatable bonds is 5. The van der Waals surface area contributed by atoms with Crippen LogP contribution in [0, 0.1) is 13.8 Å². The molecule has 0 amide bonds. The van der Waals surface area contributed by atoms with E-state index in [4.69, 9.17) is 0 Å². The molecule has 2 nitrogen and oxygen atoms in total. The molecular weight excluding hydrogens is 264 g/mol. The molecule has 1 aromatic carbocycles. The van der Waals surface area contributed by atoms with E-state index in [0.29, 0.717) is 6.04 Å². The van der Waals surface area contributed by atoms with Crippen molar-refractivity contribution in [1.82, 2.24) is 10.3 Å². The zero-order valence-corrected chi connectivity index (χ0v) is 13.8. The topological polar surface area (TPSA) is 24.9 Å². The lowest BCUT2D eigenvalue weighted by Crippen LogP contribution is -2.44. The number of nitrogens with zero attached hydrogens (tertiary/aromatic N) is 1. The Morgan fingerprint density at radius 1 is 1.20 bits per heavy atom. The van der Waals surface area contributed by atoms with Gasteiger partial charge in [0, 0.05) is 22.8 Å². The number of hydrogen-bond acceptors (Lipinski definition) is 3. The second-order valence-corrected chi connectivity index (χ2v) is 7.17. The third kappa shape index (κ3) is 3.10. The summed E-state index contributed by atoms with van der Waals surface area (Å²) in [5, 5.41) is 4.71. The highest BCUT2D eigenvalue weighted by Crippen LogP contribution is 2.30. The molecule has 0 bridgehead atoms. The number of nitrogens with one attached hydrogen (secondary N) is 1. The van der Waals surface area contributed by atoms with Crippen LogP contribution >= 0.6 is 11.3 Å². The van der Waals surface area contributed by atoms with Crippen molar-refractivity contribution in [3.8, 4) is 0 Å². The Labute approximate surface area is 126 Å². The quantitative estimate of drug-likeness (QED) is 0.903. The van der Waals surface area contributed by atoms with Crippen molar-refractivity contribution in [3.05, 3.63) is 51.5 Å². The van der Waals surface area contributed by atoms with Gasteiger partial charge in [-0.2, -0.15) is 0 Å². The van der Waals surface area contributed by atoms with E-state index in [1.165, 1.54) is 15.4 Å². The van der Waals surface area contributed by atoms with Gasteiger partial charge >= 0.3 is 0 Å². The van der Waals surface area contributed by atoms with Gasteiger partial charge in [-0.05, 0) is 26.5 Å². The third-order valence-electron chi connectivity index (χ3n) is 4.19. The highest BCUT2D eigenvalue weighted by atomic mass is 32.1. The monoisotopic (exact) mass is 288 g/mol. The molecule has 1 heterocycles. The molecule has 0 saturated carbocycles. The van der Waals surface area contributed by atoms with Crippen LogP contribution < -0.4 is 5.32 Å². The SMILES string of the molecule is CNC(Cc1nc(C)c(C)s1)C(C)(C)c1ccccc1. The van der Waals surface area contributed by atoms with Crippen LogP contribution in [-0.2, 0) is 11.8 Å². The standard InChI is InChI=1S/C17H24N2S/c1-12-13(2)20-16(19-12)11-15(18-5)17(3,4)14-9-7-6-8-10-14/h6-10,15,18H,11H2,1-5H3. The molecule has 20 heavy (non-hydrogen) atoms. The van der Waals surface area contributed by atoms with Crippen molar-refractivity contribution in [2.24, 2.45) is 0 Å². The minimum Gasteiger partial charge on any atom is -0.316 e. The summed E-state index contributed by atoms with van der Waals surface area (Å²) in [6, 6.07) is 11.1. The lowest BCUT2D eigenvalue weighted by atomic mass is 9.76. The molecule has 3 heteroatoms. The minimum atomic E-state index is 0.0729. The van der Waals surface area contributed by atoms with E-state index < -0.39 is 0 Å². The molecule has 0 radical (unpaired) electrons. The highest BCUT2D eigenvalue weighted by molar-refractivity contribution is 7.11. The van der Waals surface area contributed by atoms with Crippen LogP contribution in [0.3, 0.4) is 0 Å². The first-order valence-corrected chi connectivity index (χ1v) is 7.92. The number of thiazole rings is 1. The summed E-state index contributed by atoms with van der Waals surface area (Å²) in [5.74, 6) is 0. The number of benzene rings is 1. The smallest absolute Gasteiger partial charge is 0.0946 e. The number of aromatic nitrogens is 1. The summed E-state index contributed by atoms with van der Waals surface area (Å²) in [6.45, 7) is 8.84. The van der Waals surface area contributed by atoms with Crippen LogP contribution in [-0.4, -0.2) is 18.1 Å². The summed E-state index contributed by atoms with van der Waals surface area (Å²) >= 11 is 1.82. The van der Waals surface area contributed by atoms with Gasteiger partial charge in [-0.1, -0.05) is 44.2 Å². The van der Waals surface area contributed by atoms with Gasteiger partial charge in [0.05, 0.1) is 10.7 Å². The van der Waals surface area contributed by atoms with Crippen LogP contribution in [0.15, 0.2) is 30.3 Å². The van der Waals surface area contributed by atoms with Gasteiger partial charge in [0.2, 0.25) is 0 Å². The zero-order chi connectivity index (χ0) is 14.8. The van der Waals surface area contributed by atoms with E-state index in [9.17, 15) is 0 Å². The fraction of sp³-hybridized carbons (Fsp3) is 0.471. The molecule has 2 aromatic rings. The average Bonchev–Trinajstić information content (AvgIpc) is 2.75. The van der Waals surface area contributed by atoms with Crippen molar-refractivity contribution in [3.63, 3.8) is 0 Å². The first-order valence-electron chi connectivity index (χ1n) is 7.11. The fourth-order valence-electron chi connectivity index (χ4n) is 2.59. The molecule has 1 unspecified atom stereocenters. The maximum Gasteiger partial charge on any atom is 0.0946 e. The average molecular weight is 288 g/mol. The molecule has 1 aromatic heterocycles. The van der Waals surface area contributed by atoms with Crippen molar-refractivity contribution in [2.75, 3.05) is 7.05 Å². The van der Waals surface area contributed by atoms with E-state index >= 15 is 0 Å².